The minimum absolute atomic E-state index is 0. The molecule has 0 aliphatic heterocycles. The van der Waals surface area contributed by atoms with Gasteiger partial charge in [-0.05, 0) is 45.5 Å². The summed E-state index contributed by atoms with van der Waals surface area (Å²) in [4.78, 5) is 6.75. The largest absolute Gasteiger partial charge is 0.354 e. The molecule has 0 saturated carbocycles. The molecule has 0 fully saturated rings. The summed E-state index contributed by atoms with van der Waals surface area (Å²) >= 11 is 0. The van der Waals surface area contributed by atoms with Gasteiger partial charge >= 0.3 is 0 Å². The standard InChI is InChI=1S/C16H32N6.HI/c1-6-22(7-2)12-8-9-14(3)20-16(17-4)18-13-15-10-11-19-21(15)5;/h10-11,14H,6-9,12-13H2,1-5H3,(H2,17,18,20);1H. The molecule has 0 amide bonds. The van der Waals surface area contributed by atoms with Gasteiger partial charge in [-0.3, -0.25) is 9.67 Å². The van der Waals surface area contributed by atoms with Gasteiger partial charge in [0.15, 0.2) is 5.96 Å². The van der Waals surface area contributed by atoms with Crippen molar-refractivity contribution in [3.05, 3.63) is 18.0 Å². The highest BCUT2D eigenvalue weighted by Gasteiger charge is 2.07. The van der Waals surface area contributed by atoms with Crippen LogP contribution >= 0.6 is 24.0 Å². The lowest BCUT2D eigenvalue weighted by Crippen LogP contribution is -2.42. The predicted octanol–water partition coefficient (Wildman–Crippen LogP) is 2.21. The van der Waals surface area contributed by atoms with Gasteiger partial charge in [-0.1, -0.05) is 13.8 Å². The molecule has 1 unspecified atom stereocenters. The van der Waals surface area contributed by atoms with Crippen LogP contribution in [-0.4, -0.2) is 53.4 Å². The lowest BCUT2D eigenvalue weighted by Gasteiger charge is -2.21. The number of nitrogens with zero attached hydrogens (tertiary/aromatic N) is 4. The number of aryl methyl sites for hydroxylation is 1. The van der Waals surface area contributed by atoms with Gasteiger partial charge in [-0.15, -0.1) is 24.0 Å². The van der Waals surface area contributed by atoms with Crippen LogP contribution in [0.2, 0.25) is 0 Å². The Labute approximate surface area is 158 Å². The summed E-state index contributed by atoms with van der Waals surface area (Å²) < 4.78 is 1.87. The van der Waals surface area contributed by atoms with Crippen molar-refractivity contribution in [1.29, 1.82) is 0 Å². The van der Waals surface area contributed by atoms with Crippen molar-refractivity contribution >= 4 is 29.9 Å². The molecule has 0 aliphatic carbocycles. The van der Waals surface area contributed by atoms with Crippen LogP contribution < -0.4 is 10.6 Å². The van der Waals surface area contributed by atoms with E-state index in [1.807, 2.05) is 24.0 Å². The van der Waals surface area contributed by atoms with Crippen LogP contribution in [0.1, 0.15) is 39.3 Å². The summed E-state index contributed by atoms with van der Waals surface area (Å²) in [5.74, 6) is 0.844. The number of hydrogen-bond acceptors (Lipinski definition) is 3. The van der Waals surface area contributed by atoms with E-state index in [1.54, 1.807) is 7.05 Å². The quantitative estimate of drug-likeness (QED) is 0.354. The number of aliphatic imine (C=N–C) groups is 1. The number of aromatic nitrogens is 2. The highest BCUT2D eigenvalue weighted by Crippen LogP contribution is 2.00. The molecule has 1 rings (SSSR count). The molecule has 1 aromatic rings. The average molecular weight is 436 g/mol. The maximum absolute atomic E-state index is 4.29. The molecule has 0 aliphatic rings. The molecule has 0 aromatic carbocycles. The van der Waals surface area contributed by atoms with Crippen LogP contribution in [0.5, 0.6) is 0 Å². The van der Waals surface area contributed by atoms with Gasteiger partial charge in [0.05, 0.1) is 12.2 Å². The van der Waals surface area contributed by atoms with Gasteiger partial charge in [0.2, 0.25) is 0 Å². The Morgan fingerprint density at radius 1 is 1.39 bits per heavy atom. The van der Waals surface area contributed by atoms with Crippen molar-refractivity contribution in [1.82, 2.24) is 25.3 Å². The second-order valence-electron chi connectivity index (χ2n) is 5.59. The lowest BCUT2D eigenvalue weighted by molar-refractivity contribution is 0.292. The lowest BCUT2D eigenvalue weighted by atomic mass is 10.2. The zero-order valence-corrected chi connectivity index (χ0v) is 17.5. The molecule has 1 atom stereocenters. The minimum Gasteiger partial charge on any atom is -0.354 e. The van der Waals surface area contributed by atoms with Gasteiger partial charge in [-0.2, -0.15) is 5.10 Å². The van der Waals surface area contributed by atoms with Crippen molar-refractivity contribution in [2.24, 2.45) is 12.0 Å². The van der Waals surface area contributed by atoms with Crippen LogP contribution in [0, 0.1) is 0 Å². The van der Waals surface area contributed by atoms with E-state index < -0.39 is 0 Å². The van der Waals surface area contributed by atoms with Crippen LogP contribution in [0.15, 0.2) is 17.3 Å². The fourth-order valence-electron chi connectivity index (χ4n) is 2.41. The van der Waals surface area contributed by atoms with Crippen LogP contribution in [0.3, 0.4) is 0 Å². The van der Waals surface area contributed by atoms with E-state index in [2.05, 4.69) is 46.4 Å². The van der Waals surface area contributed by atoms with Crippen molar-refractivity contribution in [2.75, 3.05) is 26.7 Å². The molecular formula is C16H33IN6. The first kappa shape index (κ1) is 22.2. The SMILES string of the molecule is CCN(CC)CCCC(C)NC(=NC)NCc1ccnn1C.I. The highest BCUT2D eigenvalue weighted by atomic mass is 127. The van der Waals surface area contributed by atoms with Gasteiger partial charge in [0.25, 0.3) is 0 Å². The van der Waals surface area contributed by atoms with E-state index >= 15 is 0 Å². The molecule has 2 N–H and O–H groups in total. The van der Waals surface area contributed by atoms with Gasteiger partial charge in [-0.25, -0.2) is 0 Å². The summed E-state index contributed by atoms with van der Waals surface area (Å²) in [6.07, 6.45) is 4.15. The van der Waals surface area contributed by atoms with E-state index in [0.717, 1.165) is 37.7 Å². The Balaban J connectivity index is 0.00000484. The molecule has 1 heterocycles. The maximum Gasteiger partial charge on any atom is 0.191 e. The summed E-state index contributed by atoms with van der Waals surface area (Å²) in [7, 11) is 3.75. The Bertz CT molecular complexity index is 442. The van der Waals surface area contributed by atoms with Crippen molar-refractivity contribution in [3.63, 3.8) is 0 Å². The Morgan fingerprint density at radius 2 is 2.09 bits per heavy atom. The predicted molar refractivity (Wildman–Crippen MR) is 108 cm³/mol. The molecule has 6 nitrogen and oxygen atoms in total. The number of halogens is 1. The maximum atomic E-state index is 4.29. The zero-order valence-electron chi connectivity index (χ0n) is 15.2. The molecule has 0 radical (unpaired) electrons. The van der Waals surface area contributed by atoms with E-state index in [0.29, 0.717) is 6.04 Å². The van der Waals surface area contributed by atoms with Gasteiger partial charge < -0.3 is 15.5 Å². The fourth-order valence-corrected chi connectivity index (χ4v) is 2.41. The Hall–Kier alpha value is -0.830. The van der Waals surface area contributed by atoms with Crippen molar-refractivity contribution < 1.29 is 0 Å². The van der Waals surface area contributed by atoms with E-state index in [9.17, 15) is 0 Å². The second-order valence-corrected chi connectivity index (χ2v) is 5.59. The zero-order chi connectivity index (χ0) is 16.4. The third-order valence-electron chi connectivity index (χ3n) is 3.97. The number of hydrogen-bond donors (Lipinski definition) is 2. The monoisotopic (exact) mass is 436 g/mol. The molecule has 23 heavy (non-hydrogen) atoms. The van der Waals surface area contributed by atoms with Crippen LogP contribution in [-0.2, 0) is 13.6 Å². The number of guanidine groups is 1. The van der Waals surface area contributed by atoms with Gasteiger partial charge in [0.1, 0.15) is 0 Å². The third-order valence-corrected chi connectivity index (χ3v) is 3.97. The summed E-state index contributed by atoms with van der Waals surface area (Å²) in [5, 5.41) is 10.9. The Morgan fingerprint density at radius 3 is 2.61 bits per heavy atom. The fraction of sp³-hybridized carbons (Fsp3) is 0.750. The molecule has 134 valence electrons. The normalized spacial score (nSPS) is 12.9. The van der Waals surface area contributed by atoms with Crippen molar-refractivity contribution in [2.45, 2.75) is 46.2 Å². The molecule has 0 saturated heterocycles. The molecule has 0 bridgehead atoms. The summed E-state index contributed by atoms with van der Waals surface area (Å²) in [6.45, 7) is 10.8. The first-order valence-electron chi connectivity index (χ1n) is 8.27. The summed E-state index contributed by atoms with van der Waals surface area (Å²) in [6, 6.07) is 2.42. The van der Waals surface area contributed by atoms with Gasteiger partial charge in [0, 0.05) is 26.3 Å². The molecule has 0 spiro atoms. The topological polar surface area (TPSA) is 57.5 Å². The van der Waals surface area contributed by atoms with Crippen LogP contribution in [0.4, 0.5) is 0 Å². The molecule has 7 heteroatoms. The van der Waals surface area contributed by atoms with E-state index in [-0.39, 0.29) is 24.0 Å². The first-order valence-corrected chi connectivity index (χ1v) is 8.27. The smallest absolute Gasteiger partial charge is 0.191 e. The second kappa shape index (κ2) is 12.6. The van der Waals surface area contributed by atoms with E-state index in [4.69, 9.17) is 0 Å². The molecular weight excluding hydrogens is 403 g/mol. The van der Waals surface area contributed by atoms with E-state index in [1.165, 1.54) is 13.0 Å². The third kappa shape index (κ3) is 8.55. The highest BCUT2D eigenvalue weighted by molar-refractivity contribution is 14.0. The molecule has 1 aromatic heterocycles. The van der Waals surface area contributed by atoms with Crippen LogP contribution in [0.25, 0.3) is 0 Å². The number of nitrogens with one attached hydrogen (secondary N) is 2. The van der Waals surface area contributed by atoms with Crippen molar-refractivity contribution in [3.8, 4) is 0 Å². The Kier molecular flexibility index (Phi) is 12.1. The number of rotatable bonds is 9. The summed E-state index contributed by atoms with van der Waals surface area (Å²) in [5.41, 5.74) is 1.14. The minimum atomic E-state index is 0. The average Bonchev–Trinajstić information content (AvgIpc) is 2.93. The first-order chi connectivity index (χ1) is 10.6.